The minimum Gasteiger partial charge on any atom is -0.436 e. The second-order valence-electron chi connectivity index (χ2n) is 4.73. The van der Waals surface area contributed by atoms with Gasteiger partial charge < -0.3 is 10.2 Å². The van der Waals surface area contributed by atoms with Gasteiger partial charge in [0, 0.05) is 5.56 Å². The fourth-order valence-electron chi connectivity index (χ4n) is 2.18. The molecule has 3 aromatic rings. The number of hydrogen-bond donors (Lipinski definition) is 1. The van der Waals surface area contributed by atoms with Crippen LogP contribution in [-0.4, -0.2) is 11.5 Å². The van der Waals surface area contributed by atoms with Crippen LogP contribution in [0.5, 0.6) is 0 Å². The van der Waals surface area contributed by atoms with Crippen LogP contribution >= 0.6 is 0 Å². The van der Waals surface area contributed by atoms with Crippen LogP contribution in [0.3, 0.4) is 0 Å². The Kier molecular flexibility index (Phi) is 3.05. The number of benzene rings is 2. The van der Waals surface area contributed by atoms with Crippen LogP contribution in [0, 0.1) is 6.92 Å². The highest BCUT2D eigenvalue weighted by Gasteiger charge is 2.08. The Morgan fingerprint density at radius 2 is 2.05 bits per heavy atom. The van der Waals surface area contributed by atoms with Gasteiger partial charge in [0.15, 0.2) is 5.58 Å². The van der Waals surface area contributed by atoms with E-state index in [0.29, 0.717) is 12.4 Å². The Morgan fingerprint density at radius 3 is 2.89 bits per heavy atom. The lowest BCUT2D eigenvalue weighted by atomic mass is 10.1. The predicted octanol–water partition coefficient (Wildman–Crippen LogP) is 3.30. The van der Waals surface area contributed by atoms with Crippen LogP contribution < -0.4 is 5.73 Å². The van der Waals surface area contributed by atoms with Gasteiger partial charge in [-0.1, -0.05) is 18.2 Å². The zero-order chi connectivity index (χ0) is 13.2. The molecule has 3 rings (SSSR count). The van der Waals surface area contributed by atoms with Crippen LogP contribution in [0.15, 0.2) is 46.9 Å². The molecule has 3 heteroatoms. The number of rotatable bonds is 3. The maximum Gasteiger partial charge on any atom is 0.227 e. The predicted molar refractivity (Wildman–Crippen MR) is 76.9 cm³/mol. The van der Waals surface area contributed by atoms with Gasteiger partial charge >= 0.3 is 0 Å². The fourth-order valence-corrected chi connectivity index (χ4v) is 2.18. The molecular formula is C16H16N2O. The van der Waals surface area contributed by atoms with E-state index in [9.17, 15) is 0 Å². The van der Waals surface area contributed by atoms with Crippen molar-refractivity contribution in [2.45, 2.75) is 13.3 Å². The molecule has 0 amide bonds. The monoisotopic (exact) mass is 252 g/mol. The minimum atomic E-state index is 0.649. The molecule has 19 heavy (non-hydrogen) atoms. The number of oxazole rings is 1. The fraction of sp³-hybridized carbons (Fsp3) is 0.188. The lowest BCUT2D eigenvalue weighted by molar-refractivity contribution is 0.619. The Balaban J connectivity index is 2.05. The summed E-state index contributed by atoms with van der Waals surface area (Å²) in [6, 6.07) is 14.2. The Morgan fingerprint density at radius 1 is 1.16 bits per heavy atom. The molecule has 0 radical (unpaired) electrons. The van der Waals surface area contributed by atoms with Gasteiger partial charge in [-0.15, -0.1) is 0 Å². The summed E-state index contributed by atoms with van der Waals surface area (Å²) >= 11 is 0. The highest BCUT2D eigenvalue weighted by molar-refractivity contribution is 5.76. The van der Waals surface area contributed by atoms with Gasteiger partial charge in [0.2, 0.25) is 5.89 Å². The van der Waals surface area contributed by atoms with E-state index < -0.39 is 0 Å². The average molecular weight is 252 g/mol. The summed E-state index contributed by atoms with van der Waals surface area (Å²) in [7, 11) is 0. The molecule has 1 heterocycles. The SMILES string of the molecule is Cc1ccc2nc(-c3cccc(CCN)c3)oc2c1. The van der Waals surface area contributed by atoms with Crippen molar-refractivity contribution in [3.63, 3.8) is 0 Å². The first-order valence-corrected chi connectivity index (χ1v) is 6.43. The van der Waals surface area contributed by atoms with Gasteiger partial charge in [0.25, 0.3) is 0 Å². The second-order valence-corrected chi connectivity index (χ2v) is 4.73. The third-order valence-corrected chi connectivity index (χ3v) is 3.15. The molecule has 0 saturated heterocycles. The number of aromatic nitrogens is 1. The molecule has 2 N–H and O–H groups in total. The highest BCUT2D eigenvalue weighted by Crippen LogP contribution is 2.25. The van der Waals surface area contributed by atoms with Crippen molar-refractivity contribution in [1.82, 2.24) is 4.98 Å². The number of fused-ring (bicyclic) bond motifs is 1. The average Bonchev–Trinajstić information content (AvgIpc) is 2.82. The number of aryl methyl sites for hydroxylation is 1. The van der Waals surface area contributed by atoms with Crippen LogP contribution in [0.25, 0.3) is 22.6 Å². The molecule has 1 aromatic heterocycles. The molecule has 0 aliphatic rings. The smallest absolute Gasteiger partial charge is 0.227 e. The van der Waals surface area contributed by atoms with Crippen molar-refractivity contribution in [1.29, 1.82) is 0 Å². The largest absolute Gasteiger partial charge is 0.436 e. The third-order valence-electron chi connectivity index (χ3n) is 3.15. The van der Waals surface area contributed by atoms with Gasteiger partial charge in [-0.05, 0) is 55.3 Å². The Bertz CT molecular complexity index is 716. The molecular weight excluding hydrogens is 236 g/mol. The third kappa shape index (κ3) is 2.37. The van der Waals surface area contributed by atoms with Crippen LogP contribution in [-0.2, 0) is 6.42 Å². The summed E-state index contributed by atoms with van der Waals surface area (Å²) in [5.41, 5.74) is 10.7. The standard InChI is InChI=1S/C16H16N2O/c1-11-5-6-14-15(9-11)19-16(18-14)13-4-2-3-12(10-13)7-8-17/h2-6,9-10H,7-8,17H2,1H3. The lowest BCUT2D eigenvalue weighted by Crippen LogP contribution is -2.02. The van der Waals surface area contributed by atoms with Crippen molar-refractivity contribution in [2.75, 3.05) is 6.54 Å². The van der Waals surface area contributed by atoms with Crippen LogP contribution in [0.2, 0.25) is 0 Å². The minimum absolute atomic E-state index is 0.649. The van der Waals surface area contributed by atoms with E-state index in [-0.39, 0.29) is 0 Å². The van der Waals surface area contributed by atoms with Crippen molar-refractivity contribution < 1.29 is 4.42 Å². The van der Waals surface area contributed by atoms with Gasteiger partial charge in [-0.2, -0.15) is 0 Å². The molecule has 0 saturated carbocycles. The summed E-state index contributed by atoms with van der Waals surface area (Å²) in [5.74, 6) is 0.666. The van der Waals surface area contributed by atoms with E-state index in [0.717, 1.165) is 23.1 Å². The van der Waals surface area contributed by atoms with Crippen LogP contribution in [0.1, 0.15) is 11.1 Å². The van der Waals surface area contributed by atoms with Crippen molar-refractivity contribution in [3.05, 3.63) is 53.6 Å². The quantitative estimate of drug-likeness (QED) is 0.778. The molecule has 0 atom stereocenters. The molecule has 0 aliphatic heterocycles. The second kappa shape index (κ2) is 4.86. The van der Waals surface area contributed by atoms with E-state index >= 15 is 0 Å². The maximum atomic E-state index is 5.83. The number of nitrogens with two attached hydrogens (primary N) is 1. The first-order valence-electron chi connectivity index (χ1n) is 6.43. The van der Waals surface area contributed by atoms with Crippen molar-refractivity contribution in [2.24, 2.45) is 5.73 Å². The molecule has 0 aliphatic carbocycles. The number of nitrogens with zero attached hydrogens (tertiary/aromatic N) is 1. The normalized spacial score (nSPS) is 11.1. The van der Waals surface area contributed by atoms with Crippen LogP contribution in [0.4, 0.5) is 0 Å². The van der Waals surface area contributed by atoms with Gasteiger partial charge in [-0.25, -0.2) is 4.98 Å². The summed E-state index contributed by atoms with van der Waals surface area (Å²) in [4.78, 5) is 4.53. The van der Waals surface area contributed by atoms with E-state index in [1.165, 1.54) is 11.1 Å². The molecule has 3 nitrogen and oxygen atoms in total. The van der Waals surface area contributed by atoms with Gasteiger partial charge in [0.05, 0.1) is 0 Å². The highest BCUT2D eigenvalue weighted by atomic mass is 16.3. The zero-order valence-corrected chi connectivity index (χ0v) is 10.9. The molecule has 0 unspecified atom stereocenters. The lowest BCUT2D eigenvalue weighted by Gasteiger charge is -2.00. The first kappa shape index (κ1) is 11.9. The summed E-state index contributed by atoms with van der Waals surface area (Å²) in [6.45, 7) is 2.69. The maximum absolute atomic E-state index is 5.83. The zero-order valence-electron chi connectivity index (χ0n) is 10.9. The molecule has 0 spiro atoms. The van der Waals surface area contributed by atoms with Crippen molar-refractivity contribution in [3.8, 4) is 11.5 Å². The molecule has 2 aromatic carbocycles. The summed E-state index contributed by atoms with van der Waals surface area (Å²) in [5, 5.41) is 0. The summed E-state index contributed by atoms with van der Waals surface area (Å²) in [6.07, 6.45) is 0.868. The Labute approximate surface area is 112 Å². The van der Waals surface area contributed by atoms with E-state index in [2.05, 4.69) is 17.1 Å². The van der Waals surface area contributed by atoms with E-state index in [4.69, 9.17) is 10.2 Å². The Hall–Kier alpha value is -2.13. The van der Waals surface area contributed by atoms with Gasteiger partial charge in [-0.3, -0.25) is 0 Å². The topological polar surface area (TPSA) is 52.0 Å². The molecule has 96 valence electrons. The molecule has 0 bridgehead atoms. The summed E-state index contributed by atoms with van der Waals surface area (Å²) < 4.78 is 5.83. The van der Waals surface area contributed by atoms with E-state index in [1.54, 1.807) is 0 Å². The number of hydrogen-bond acceptors (Lipinski definition) is 3. The van der Waals surface area contributed by atoms with E-state index in [1.807, 2.05) is 37.3 Å². The molecule has 0 fully saturated rings. The first-order chi connectivity index (χ1) is 9.26. The van der Waals surface area contributed by atoms with Crippen molar-refractivity contribution >= 4 is 11.1 Å². The van der Waals surface area contributed by atoms with Gasteiger partial charge in [0.1, 0.15) is 5.52 Å².